The van der Waals surface area contributed by atoms with Gasteiger partial charge in [-0.25, -0.2) is 0 Å². The first-order chi connectivity index (χ1) is 18.7. The van der Waals surface area contributed by atoms with Crippen molar-refractivity contribution >= 4 is 0 Å². The van der Waals surface area contributed by atoms with E-state index in [1.807, 2.05) is 0 Å². The summed E-state index contributed by atoms with van der Waals surface area (Å²) in [6, 6.07) is 34.3. The first-order valence-electron chi connectivity index (χ1n) is 14.0. The smallest absolute Gasteiger partial charge is 0.0378 e. The molecule has 39 heavy (non-hydrogen) atoms. The Balaban J connectivity index is 1.38. The monoisotopic (exact) mass is 509 g/mol. The summed E-state index contributed by atoms with van der Waals surface area (Å²) in [5, 5.41) is 0. The summed E-state index contributed by atoms with van der Waals surface area (Å²) in [6.45, 7) is 12.9. The topological polar surface area (TPSA) is 12.9 Å². The Morgan fingerprint density at radius 3 is 1.38 bits per heavy atom. The second-order valence-electron chi connectivity index (χ2n) is 11.4. The van der Waals surface area contributed by atoms with Crippen molar-refractivity contribution in [3.8, 4) is 22.3 Å². The summed E-state index contributed by atoms with van der Waals surface area (Å²) in [5.41, 5.74) is 18.1. The number of nitrogens with zero attached hydrogens (tertiary/aromatic N) is 1. The van der Waals surface area contributed by atoms with Crippen LogP contribution in [-0.4, -0.2) is 4.98 Å². The molecule has 4 aromatic carbocycles. The Morgan fingerprint density at radius 2 is 0.846 bits per heavy atom. The maximum atomic E-state index is 4.55. The van der Waals surface area contributed by atoms with Gasteiger partial charge in [-0.05, 0) is 117 Å². The quantitative estimate of drug-likeness (QED) is 0.213. The van der Waals surface area contributed by atoms with E-state index in [1.54, 1.807) is 0 Å². The fourth-order valence-electron chi connectivity index (χ4n) is 5.85. The highest BCUT2D eigenvalue weighted by molar-refractivity contribution is 5.68. The van der Waals surface area contributed by atoms with Gasteiger partial charge in [0.05, 0.1) is 0 Å². The van der Waals surface area contributed by atoms with Gasteiger partial charge in [0.25, 0.3) is 0 Å². The number of hydrogen-bond donors (Lipinski definition) is 0. The van der Waals surface area contributed by atoms with Crippen LogP contribution in [-0.2, 0) is 19.3 Å². The van der Waals surface area contributed by atoms with Crippen molar-refractivity contribution in [2.45, 2.75) is 60.8 Å². The van der Waals surface area contributed by atoms with Gasteiger partial charge in [-0.1, -0.05) is 101 Å². The molecular formula is C38H39N. The third-order valence-electron chi connectivity index (χ3n) is 7.35. The first kappa shape index (κ1) is 26.6. The molecule has 0 amide bonds. The van der Waals surface area contributed by atoms with Gasteiger partial charge in [0.2, 0.25) is 0 Å². The van der Waals surface area contributed by atoms with Crippen LogP contribution in [0.1, 0.15) is 55.9 Å². The van der Waals surface area contributed by atoms with Crippen LogP contribution in [0.5, 0.6) is 0 Å². The number of rotatable bonds is 7. The zero-order valence-corrected chi connectivity index (χ0v) is 24.2. The molecular weight excluding hydrogens is 470 g/mol. The van der Waals surface area contributed by atoms with Crippen molar-refractivity contribution in [1.82, 2.24) is 4.98 Å². The second kappa shape index (κ2) is 11.4. The molecule has 5 rings (SSSR count). The molecule has 0 radical (unpaired) electrons. The van der Waals surface area contributed by atoms with Gasteiger partial charge < -0.3 is 0 Å². The van der Waals surface area contributed by atoms with Gasteiger partial charge in [-0.3, -0.25) is 4.98 Å². The Labute approximate surface area is 234 Å². The van der Waals surface area contributed by atoms with Gasteiger partial charge in [0, 0.05) is 11.4 Å². The molecule has 1 heteroatoms. The van der Waals surface area contributed by atoms with Crippen molar-refractivity contribution in [2.75, 3.05) is 0 Å². The van der Waals surface area contributed by atoms with E-state index in [2.05, 4.69) is 138 Å². The average molecular weight is 510 g/mol. The molecule has 0 bridgehead atoms. The molecule has 0 saturated heterocycles. The van der Waals surface area contributed by atoms with Gasteiger partial charge in [-0.15, -0.1) is 0 Å². The van der Waals surface area contributed by atoms with Gasteiger partial charge in [-0.2, -0.15) is 0 Å². The van der Waals surface area contributed by atoms with Crippen molar-refractivity contribution in [3.63, 3.8) is 0 Å². The van der Waals surface area contributed by atoms with E-state index in [9.17, 15) is 0 Å². The van der Waals surface area contributed by atoms with E-state index in [1.165, 1.54) is 66.8 Å². The van der Waals surface area contributed by atoms with E-state index in [0.29, 0.717) is 0 Å². The first-order valence-corrected chi connectivity index (χ1v) is 14.0. The minimum absolute atomic E-state index is 0.925. The van der Waals surface area contributed by atoms with Crippen LogP contribution in [0, 0.1) is 41.5 Å². The zero-order valence-electron chi connectivity index (χ0n) is 24.2. The number of hydrogen-bond acceptors (Lipinski definition) is 1. The minimum Gasteiger partial charge on any atom is -0.258 e. The molecule has 0 aliphatic heterocycles. The Hall–Kier alpha value is -3.97. The molecule has 0 aliphatic carbocycles. The van der Waals surface area contributed by atoms with E-state index >= 15 is 0 Å². The molecule has 5 aromatic rings. The number of pyridine rings is 1. The fraction of sp³-hybridized carbons (Fsp3) is 0.237. The summed E-state index contributed by atoms with van der Waals surface area (Å²) in [5.74, 6) is 0. The molecule has 0 fully saturated rings. The van der Waals surface area contributed by atoms with Crippen LogP contribution in [0.4, 0.5) is 0 Å². The third-order valence-corrected chi connectivity index (χ3v) is 7.35. The van der Waals surface area contributed by atoms with Crippen LogP contribution < -0.4 is 0 Å². The standard InChI is InChI=1S/C38H39N/c1-25-8-7-9-35(15-25)36-16-26(2)12-31(22-36)10-11-32-13-27(3)17-37(23-32)38-18-28(4)14-33(24-38)21-34-19-29(5)39-30(6)20-34/h7-9,12-20,22-24H,10-11,21H2,1-6H3. The van der Waals surface area contributed by atoms with Gasteiger partial charge in [0.15, 0.2) is 0 Å². The van der Waals surface area contributed by atoms with Crippen LogP contribution in [0.25, 0.3) is 22.3 Å². The molecule has 1 aromatic heterocycles. The molecule has 0 saturated carbocycles. The predicted octanol–water partition coefficient (Wildman–Crippen LogP) is 9.64. The normalized spacial score (nSPS) is 11.1. The summed E-state index contributed by atoms with van der Waals surface area (Å²) >= 11 is 0. The molecule has 0 spiro atoms. The highest BCUT2D eigenvalue weighted by Crippen LogP contribution is 2.28. The predicted molar refractivity (Wildman–Crippen MR) is 167 cm³/mol. The summed E-state index contributed by atoms with van der Waals surface area (Å²) in [4.78, 5) is 4.55. The molecule has 0 N–H and O–H groups in total. The molecule has 0 atom stereocenters. The molecule has 0 unspecified atom stereocenters. The van der Waals surface area contributed by atoms with Crippen LogP contribution >= 0.6 is 0 Å². The highest BCUT2D eigenvalue weighted by Gasteiger charge is 2.08. The summed E-state index contributed by atoms with van der Waals surface area (Å²) < 4.78 is 0. The van der Waals surface area contributed by atoms with E-state index in [-0.39, 0.29) is 0 Å². The Kier molecular flexibility index (Phi) is 7.79. The van der Waals surface area contributed by atoms with E-state index in [0.717, 1.165) is 30.7 Å². The third kappa shape index (κ3) is 6.92. The number of benzene rings is 4. The van der Waals surface area contributed by atoms with Crippen molar-refractivity contribution in [1.29, 1.82) is 0 Å². The minimum atomic E-state index is 0.925. The van der Waals surface area contributed by atoms with E-state index in [4.69, 9.17) is 0 Å². The van der Waals surface area contributed by atoms with Gasteiger partial charge >= 0.3 is 0 Å². The van der Waals surface area contributed by atoms with Crippen LogP contribution in [0.2, 0.25) is 0 Å². The molecule has 1 heterocycles. The second-order valence-corrected chi connectivity index (χ2v) is 11.4. The van der Waals surface area contributed by atoms with Crippen molar-refractivity contribution < 1.29 is 0 Å². The summed E-state index contributed by atoms with van der Waals surface area (Å²) in [7, 11) is 0. The van der Waals surface area contributed by atoms with Crippen LogP contribution in [0.15, 0.2) is 91.0 Å². The Bertz CT molecular complexity index is 1620. The largest absolute Gasteiger partial charge is 0.258 e. The summed E-state index contributed by atoms with van der Waals surface area (Å²) in [6.07, 6.45) is 2.98. The van der Waals surface area contributed by atoms with Gasteiger partial charge in [0.1, 0.15) is 0 Å². The Morgan fingerprint density at radius 1 is 0.410 bits per heavy atom. The van der Waals surface area contributed by atoms with E-state index < -0.39 is 0 Å². The SMILES string of the molecule is Cc1cccc(-c2cc(C)cc(CCc3cc(C)cc(-c4cc(C)cc(Cc5cc(C)nc(C)c5)c4)c3)c2)c1. The lowest BCUT2D eigenvalue weighted by molar-refractivity contribution is 0.957. The molecule has 0 aliphatic rings. The number of aryl methyl sites for hydroxylation is 8. The molecule has 1 nitrogen and oxygen atoms in total. The maximum absolute atomic E-state index is 4.55. The van der Waals surface area contributed by atoms with Crippen molar-refractivity contribution in [2.24, 2.45) is 0 Å². The average Bonchev–Trinajstić information content (AvgIpc) is 2.86. The lowest BCUT2D eigenvalue weighted by Crippen LogP contribution is -1.96. The number of aromatic nitrogens is 1. The zero-order chi connectivity index (χ0) is 27.5. The molecule has 196 valence electrons. The lowest BCUT2D eigenvalue weighted by Gasteiger charge is -2.13. The highest BCUT2D eigenvalue weighted by atomic mass is 14.7. The van der Waals surface area contributed by atoms with Crippen LogP contribution in [0.3, 0.4) is 0 Å². The fourth-order valence-corrected chi connectivity index (χ4v) is 5.85. The lowest BCUT2D eigenvalue weighted by atomic mass is 9.92. The maximum Gasteiger partial charge on any atom is 0.0378 e. The van der Waals surface area contributed by atoms with Crippen molar-refractivity contribution in [3.05, 3.63) is 147 Å².